The molecule has 1 aromatic carbocycles. The third-order valence-electron chi connectivity index (χ3n) is 5.10. The van der Waals surface area contributed by atoms with Gasteiger partial charge in [0.25, 0.3) is 11.6 Å². The third kappa shape index (κ3) is 4.45. The third-order valence-corrected chi connectivity index (χ3v) is 5.10. The first kappa shape index (κ1) is 20.4. The Hall–Kier alpha value is -4.46. The number of aromatic nitrogens is 3. The fourth-order valence-corrected chi connectivity index (χ4v) is 3.49. The van der Waals surface area contributed by atoms with Gasteiger partial charge in [0.1, 0.15) is 18.1 Å². The highest BCUT2D eigenvalue weighted by atomic mass is 16.5. The predicted molar refractivity (Wildman–Crippen MR) is 120 cm³/mol. The number of amides is 1. The first-order valence-electron chi connectivity index (χ1n) is 10.4. The van der Waals surface area contributed by atoms with Crippen LogP contribution in [0, 0.1) is 6.92 Å². The maximum atomic E-state index is 13.1. The molecule has 33 heavy (non-hydrogen) atoms. The number of fused-ring (bicyclic) bond motifs is 1. The Morgan fingerprint density at radius 3 is 2.85 bits per heavy atom. The van der Waals surface area contributed by atoms with Gasteiger partial charge in [-0.3, -0.25) is 9.78 Å². The summed E-state index contributed by atoms with van der Waals surface area (Å²) in [5.41, 5.74) is 3.55. The fraction of sp³-hybridized carbons (Fsp3) is 0.120. The van der Waals surface area contributed by atoms with Gasteiger partial charge in [-0.05, 0) is 55.0 Å². The smallest absolute Gasteiger partial charge is 0.259 e. The summed E-state index contributed by atoms with van der Waals surface area (Å²) in [5, 5.41) is 7.51. The maximum Gasteiger partial charge on any atom is 0.259 e. The Balaban J connectivity index is 1.33. The summed E-state index contributed by atoms with van der Waals surface area (Å²) >= 11 is 0. The molecule has 0 saturated heterocycles. The van der Waals surface area contributed by atoms with Crippen LogP contribution in [0.1, 0.15) is 27.3 Å². The molecule has 0 bridgehead atoms. The lowest BCUT2D eigenvalue weighted by Crippen LogP contribution is -2.23. The van der Waals surface area contributed by atoms with Crippen LogP contribution in [0.4, 0.5) is 0 Å². The van der Waals surface area contributed by atoms with Crippen molar-refractivity contribution in [1.82, 2.24) is 20.4 Å². The molecular weight excluding hydrogens is 420 g/mol. The molecule has 1 N–H and O–H groups in total. The second-order valence-electron chi connectivity index (χ2n) is 7.42. The van der Waals surface area contributed by atoms with E-state index in [0.29, 0.717) is 47.0 Å². The van der Waals surface area contributed by atoms with Gasteiger partial charge in [0.2, 0.25) is 0 Å². The first-order valence-corrected chi connectivity index (χ1v) is 10.4. The average Bonchev–Trinajstić information content (AvgIpc) is 3.52. The molecule has 1 amide bonds. The summed E-state index contributed by atoms with van der Waals surface area (Å²) in [6, 6.07) is 18.5. The van der Waals surface area contributed by atoms with Gasteiger partial charge in [-0.2, -0.15) is 0 Å². The van der Waals surface area contributed by atoms with Crippen LogP contribution in [0.15, 0.2) is 82.1 Å². The fourth-order valence-electron chi connectivity index (χ4n) is 3.49. The van der Waals surface area contributed by atoms with Crippen LogP contribution in [0.3, 0.4) is 0 Å². The zero-order chi connectivity index (χ0) is 22.6. The van der Waals surface area contributed by atoms with Gasteiger partial charge in [-0.25, -0.2) is 4.98 Å². The van der Waals surface area contributed by atoms with Gasteiger partial charge in [-0.1, -0.05) is 23.4 Å². The van der Waals surface area contributed by atoms with Gasteiger partial charge >= 0.3 is 0 Å². The van der Waals surface area contributed by atoms with Crippen molar-refractivity contribution in [3.63, 3.8) is 0 Å². The largest absolute Gasteiger partial charge is 0.487 e. The minimum absolute atomic E-state index is 0.263. The van der Waals surface area contributed by atoms with E-state index in [2.05, 4.69) is 20.4 Å². The number of carbonyl (C=O) groups is 1. The van der Waals surface area contributed by atoms with Crippen LogP contribution in [0.25, 0.3) is 22.6 Å². The second kappa shape index (κ2) is 8.96. The van der Waals surface area contributed by atoms with E-state index in [1.54, 1.807) is 37.6 Å². The molecule has 0 aliphatic rings. The number of ether oxygens (including phenoxy) is 1. The van der Waals surface area contributed by atoms with E-state index in [0.717, 1.165) is 11.3 Å². The summed E-state index contributed by atoms with van der Waals surface area (Å²) in [6.07, 6.45) is 3.28. The monoisotopic (exact) mass is 440 g/mol. The highest BCUT2D eigenvalue weighted by molar-refractivity contribution is 6.06. The summed E-state index contributed by atoms with van der Waals surface area (Å²) in [7, 11) is 0. The highest BCUT2D eigenvalue weighted by Crippen LogP contribution is 2.27. The molecule has 164 valence electrons. The predicted octanol–water partition coefficient (Wildman–Crippen LogP) is 4.70. The summed E-state index contributed by atoms with van der Waals surface area (Å²) < 4.78 is 16.6. The van der Waals surface area contributed by atoms with Gasteiger partial charge < -0.3 is 19.0 Å². The van der Waals surface area contributed by atoms with Crippen molar-refractivity contribution in [2.45, 2.75) is 20.1 Å². The maximum absolute atomic E-state index is 13.1. The number of pyridine rings is 2. The standard InChI is InChI=1S/C25H20N4O4/c1-16-23-20(13-21(22-9-5-11-31-22)28-25(23)33-29-16)24(30)27-14-17-6-4-8-19(12-17)32-15-18-7-2-3-10-26-18/h2-13H,14-15H2,1H3,(H,27,30). The molecule has 0 aliphatic carbocycles. The molecule has 8 nitrogen and oxygen atoms in total. The molecule has 0 unspecified atom stereocenters. The van der Waals surface area contributed by atoms with Crippen LogP contribution < -0.4 is 10.1 Å². The van der Waals surface area contributed by atoms with Crippen molar-refractivity contribution in [2.24, 2.45) is 0 Å². The summed E-state index contributed by atoms with van der Waals surface area (Å²) in [5.74, 6) is 0.979. The van der Waals surface area contributed by atoms with Crippen LogP contribution in [-0.2, 0) is 13.2 Å². The Morgan fingerprint density at radius 1 is 1.09 bits per heavy atom. The molecule has 4 heterocycles. The van der Waals surface area contributed by atoms with Crippen LogP contribution in [-0.4, -0.2) is 21.0 Å². The van der Waals surface area contributed by atoms with E-state index in [-0.39, 0.29) is 11.6 Å². The lowest BCUT2D eigenvalue weighted by molar-refractivity contribution is 0.0952. The SMILES string of the molecule is Cc1noc2nc(-c3ccco3)cc(C(=O)NCc3cccc(OCc4ccccn4)c3)c12. The molecule has 0 atom stereocenters. The lowest BCUT2D eigenvalue weighted by atomic mass is 10.1. The van der Waals surface area contributed by atoms with Crippen LogP contribution >= 0.6 is 0 Å². The van der Waals surface area contributed by atoms with E-state index in [1.807, 2.05) is 42.5 Å². The van der Waals surface area contributed by atoms with Gasteiger partial charge in [-0.15, -0.1) is 0 Å². The Kier molecular flexibility index (Phi) is 5.55. The Morgan fingerprint density at radius 2 is 2.03 bits per heavy atom. The van der Waals surface area contributed by atoms with E-state index < -0.39 is 0 Å². The highest BCUT2D eigenvalue weighted by Gasteiger charge is 2.20. The topological polar surface area (TPSA) is 103 Å². The molecule has 5 rings (SSSR count). The summed E-state index contributed by atoms with van der Waals surface area (Å²) in [4.78, 5) is 21.8. The quantitative estimate of drug-likeness (QED) is 0.391. The van der Waals surface area contributed by atoms with E-state index in [1.165, 1.54) is 0 Å². The molecule has 0 aliphatic heterocycles. The van der Waals surface area contributed by atoms with Crippen molar-refractivity contribution in [3.8, 4) is 17.2 Å². The molecule has 0 saturated carbocycles. The normalized spacial score (nSPS) is 10.9. The van der Waals surface area contributed by atoms with Crippen molar-refractivity contribution in [1.29, 1.82) is 0 Å². The molecule has 0 spiro atoms. The number of benzene rings is 1. The lowest BCUT2D eigenvalue weighted by Gasteiger charge is -2.10. The molecular formula is C25H20N4O4. The number of hydrogen-bond acceptors (Lipinski definition) is 7. The second-order valence-corrected chi connectivity index (χ2v) is 7.42. The Labute approximate surface area is 189 Å². The number of rotatable bonds is 7. The molecule has 4 aromatic heterocycles. The van der Waals surface area contributed by atoms with Crippen molar-refractivity contribution < 1.29 is 18.5 Å². The number of hydrogen-bond donors (Lipinski definition) is 1. The number of nitrogens with one attached hydrogen (secondary N) is 1. The molecule has 0 radical (unpaired) electrons. The zero-order valence-electron chi connectivity index (χ0n) is 17.8. The van der Waals surface area contributed by atoms with E-state index >= 15 is 0 Å². The van der Waals surface area contributed by atoms with Crippen LogP contribution in [0.2, 0.25) is 0 Å². The van der Waals surface area contributed by atoms with Crippen molar-refractivity contribution >= 4 is 17.0 Å². The van der Waals surface area contributed by atoms with Gasteiger partial charge in [0.15, 0.2) is 5.76 Å². The van der Waals surface area contributed by atoms with Crippen molar-refractivity contribution in [2.75, 3.05) is 0 Å². The number of furan rings is 1. The van der Waals surface area contributed by atoms with Crippen molar-refractivity contribution in [3.05, 3.63) is 95.6 Å². The number of carbonyl (C=O) groups excluding carboxylic acids is 1. The molecule has 8 heteroatoms. The van der Waals surface area contributed by atoms with Gasteiger partial charge in [0, 0.05) is 12.7 Å². The Bertz CT molecular complexity index is 1390. The molecule has 0 fully saturated rings. The molecule has 5 aromatic rings. The summed E-state index contributed by atoms with van der Waals surface area (Å²) in [6.45, 7) is 2.47. The minimum atomic E-state index is -0.263. The van der Waals surface area contributed by atoms with Gasteiger partial charge in [0.05, 0.1) is 28.6 Å². The first-order chi connectivity index (χ1) is 16.2. The minimum Gasteiger partial charge on any atom is -0.487 e. The van der Waals surface area contributed by atoms with E-state index in [9.17, 15) is 4.79 Å². The van der Waals surface area contributed by atoms with E-state index in [4.69, 9.17) is 13.7 Å². The number of nitrogens with zero attached hydrogens (tertiary/aromatic N) is 3. The zero-order valence-corrected chi connectivity index (χ0v) is 17.8. The van der Waals surface area contributed by atoms with Crippen LogP contribution in [0.5, 0.6) is 5.75 Å². The average molecular weight is 440 g/mol. The number of aryl methyl sites for hydroxylation is 1.